The predicted molar refractivity (Wildman–Crippen MR) is 125 cm³/mol. The first kappa shape index (κ1) is 21.0. The number of carbonyl (C=O) groups excluding carboxylic acids is 1. The highest BCUT2D eigenvalue weighted by Gasteiger charge is 2.41. The SMILES string of the molecule is COCC(=O)Nc1ccc(N2C(=S)N[C@H](c3ccccn3)[C@H]2c2ccn(C)c2)cc1C. The summed E-state index contributed by atoms with van der Waals surface area (Å²) in [4.78, 5) is 18.6. The molecule has 2 aromatic heterocycles. The van der Waals surface area contributed by atoms with E-state index in [1.54, 1.807) is 6.20 Å². The highest BCUT2D eigenvalue weighted by Crippen LogP contribution is 2.42. The molecule has 4 rings (SSSR count). The average Bonchev–Trinajstić information content (AvgIpc) is 3.33. The Labute approximate surface area is 187 Å². The summed E-state index contributed by atoms with van der Waals surface area (Å²) in [6.45, 7) is 1.98. The number of hydrogen-bond acceptors (Lipinski definition) is 4. The molecule has 1 aliphatic rings. The van der Waals surface area contributed by atoms with Gasteiger partial charge in [0.25, 0.3) is 0 Å². The van der Waals surface area contributed by atoms with E-state index >= 15 is 0 Å². The molecule has 7 nitrogen and oxygen atoms in total. The molecule has 2 atom stereocenters. The van der Waals surface area contributed by atoms with Gasteiger partial charge in [-0.25, -0.2) is 0 Å². The molecule has 1 saturated heterocycles. The van der Waals surface area contributed by atoms with Gasteiger partial charge in [-0.2, -0.15) is 0 Å². The first-order valence-electron chi connectivity index (χ1n) is 10.00. The first-order chi connectivity index (χ1) is 15.0. The van der Waals surface area contributed by atoms with Gasteiger partial charge >= 0.3 is 0 Å². The normalized spacial score (nSPS) is 18.2. The van der Waals surface area contributed by atoms with Crippen LogP contribution >= 0.6 is 12.2 Å². The number of methoxy groups -OCH3 is 1. The van der Waals surface area contributed by atoms with E-state index in [0.717, 1.165) is 28.2 Å². The molecule has 31 heavy (non-hydrogen) atoms. The Morgan fingerprint density at radius 2 is 2.13 bits per heavy atom. The van der Waals surface area contributed by atoms with Gasteiger partial charge in [-0.05, 0) is 66.7 Å². The number of rotatable bonds is 6. The molecule has 0 radical (unpaired) electrons. The van der Waals surface area contributed by atoms with E-state index in [-0.39, 0.29) is 24.6 Å². The third-order valence-electron chi connectivity index (χ3n) is 5.33. The summed E-state index contributed by atoms with van der Waals surface area (Å²) >= 11 is 5.76. The van der Waals surface area contributed by atoms with Crippen molar-refractivity contribution in [2.75, 3.05) is 23.9 Å². The smallest absolute Gasteiger partial charge is 0.250 e. The molecule has 1 amide bonds. The number of anilines is 2. The van der Waals surface area contributed by atoms with Crippen molar-refractivity contribution in [2.45, 2.75) is 19.0 Å². The Bertz CT molecular complexity index is 1100. The topological polar surface area (TPSA) is 71.4 Å². The van der Waals surface area contributed by atoms with Gasteiger partial charge in [0.15, 0.2) is 5.11 Å². The fourth-order valence-electron chi connectivity index (χ4n) is 3.93. The predicted octanol–water partition coefficient (Wildman–Crippen LogP) is 3.49. The summed E-state index contributed by atoms with van der Waals surface area (Å²) in [6.07, 6.45) is 5.94. The van der Waals surface area contributed by atoms with Gasteiger partial charge in [0.05, 0.1) is 17.8 Å². The Kier molecular flexibility index (Phi) is 6.01. The van der Waals surface area contributed by atoms with Crippen LogP contribution in [0.2, 0.25) is 0 Å². The summed E-state index contributed by atoms with van der Waals surface area (Å²) < 4.78 is 6.93. The average molecular weight is 436 g/mol. The number of hydrogen-bond donors (Lipinski definition) is 2. The lowest BCUT2D eigenvalue weighted by molar-refractivity contribution is -0.119. The number of pyridine rings is 1. The minimum Gasteiger partial charge on any atom is -0.375 e. The van der Waals surface area contributed by atoms with E-state index < -0.39 is 0 Å². The van der Waals surface area contributed by atoms with Crippen molar-refractivity contribution in [3.8, 4) is 0 Å². The van der Waals surface area contributed by atoms with E-state index in [9.17, 15) is 4.79 Å². The molecular weight excluding hydrogens is 410 g/mol. The molecule has 1 fully saturated rings. The second-order valence-corrected chi connectivity index (χ2v) is 7.97. The molecule has 160 valence electrons. The monoisotopic (exact) mass is 435 g/mol. The highest BCUT2D eigenvalue weighted by molar-refractivity contribution is 7.80. The summed E-state index contributed by atoms with van der Waals surface area (Å²) in [5.41, 5.74) is 4.72. The summed E-state index contributed by atoms with van der Waals surface area (Å²) in [7, 11) is 3.50. The molecular formula is C23H25N5O2S. The Balaban J connectivity index is 1.71. The van der Waals surface area contributed by atoms with E-state index in [0.29, 0.717) is 5.11 Å². The van der Waals surface area contributed by atoms with E-state index in [1.807, 2.05) is 61.1 Å². The van der Waals surface area contributed by atoms with Crippen LogP contribution < -0.4 is 15.5 Å². The molecule has 0 bridgehead atoms. The molecule has 0 unspecified atom stereocenters. The van der Waals surface area contributed by atoms with Crippen LogP contribution in [0.4, 0.5) is 11.4 Å². The van der Waals surface area contributed by atoms with Crippen molar-refractivity contribution >= 4 is 34.6 Å². The number of nitrogens with zero attached hydrogens (tertiary/aromatic N) is 3. The molecule has 1 aromatic carbocycles. The first-order valence-corrected chi connectivity index (χ1v) is 10.4. The zero-order valence-electron chi connectivity index (χ0n) is 17.7. The van der Waals surface area contributed by atoms with Gasteiger partial charge in [-0.15, -0.1) is 0 Å². The molecule has 3 aromatic rings. The summed E-state index contributed by atoms with van der Waals surface area (Å²) in [5.74, 6) is -0.186. The van der Waals surface area contributed by atoms with E-state index in [2.05, 4.69) is 32.8 Å². The van der Waals surface area contributed by atoms with Gasteiger partial charge in [-0.1, -0.05) is 6.07 Å². The van der Waals surface area contributed by atoms with Crippen LogP contribution in [0.5, 0.6) is 0 Å². The fourth-order valence-corrected chi connectivity index (χ4v) is 4.27. The van der Waals surface area contributed by atoms with E-state index in [1.165, 1.54) is 7.11 Å². The second-order valence-electron chi connectivity index (χ2n) is 7.59. The van der Waals surface area contributed by atoms with Gasteiger partial charge < -0.3 is 24.8 Å². The summed E-state index contributed by atoms with van der Waals surface area (Å²) in [5, 5.41) is 6.97. The zero-order valence-corrected chi connectivity index (χ0v) is 18.5. The second kappa shape index (κ2) is 8.87. The lowest BCUT2D eigenvalue weighted by Gasteiger charge is -2.28. The Hall–Kier alpha value is -3.23. The van der Waals surface area contributed by atoms with Crippen molar-refractivity contribution in [2.24, 2.45) is 7.05 Å². The van der Waals surface area contributed by atoms with Crippen LogP contribution in [0, 0.1) is 6.92 Å². The maximum Gasteiger partial charge on any atom is 0.250 e. The Morgan fingerprint density at radius 3 is 2.77 bits per heavy atom. The highest BCUT2D eigenvalue weighted by atomic mass is 32.1. The fraction of sp³-hybridized carbons (Fsp3) is 0.261. The molecule has 3 heterocycles. The van der Waals surface area contributed by atoms with Crippen LogP contribution in [0.15, 0.2) is 61.1 Å². The maximum atomic E-state index is 11.9. The van der Waals surface area contributed by atoms with Crippen LogP contribution in [0.25, 0.3) is 0 Å². The van der Waals surface area contributed by atoms with E-state index in [4.69, 9.17) is 17.0 Å². The number of carbonyl (C=O) groups is 1. The van der Waals surface area contributed by atoms with Crippen molar-refractivity contribution in [1.29, 1.82) is 0 Å². The molecule has 2 N–H and O–H groups in total. The minimum absolute atomic E-state index is 0.0170. The summed E-state index contributed by atoms with van der Waals surface area (Å²) in [6, 6.07) is 13.8. The largest absolute Gasteiger partial charge is 0.375 e. The zero-order chi connectivity index (χ0) is 22.0. The number of aromatic nitrogens is 2. The van der Waals surface area contributed by atoms with Crippen LogP contribution in [-0.4, -0.2) is 34.3 Å². The number of ether oxygens (including phenoxy) is 1. The molecule has 0 saturated carbocycles. The minimum atomic E-state index is -0.186. The molecule has 0 aliphatic carbocycles. The number of amides is 1. The van der Waals surface area contributed by atoms with Crippen molar-refractivity contribution < 1.29 is 9.53 Å². The van der Waals surface area contributed by atoms with Crippen molar-refractivity contribution in [3.63, 3.8) is 0 Å². The van der Waals surface area contributed by atoms with Crippen LogP contribution in [-0.2, 0) is 16.6 Å². The lowest BCUT2D eigenvalue weighted by Crippen LogP contribution is -2.29. The number of nitrogens with one attached hydrogen (secondary N) is 2. The maximum absolute atomic E-state index is 11.9. The van der Waals surface area contributed by atoms with Crippen LogP contribution in [0.3, 0.4) is 0 Å². The Morgan fingerprint density at radius 1 is 1.29 bits per heavy atom. The number of benzene rings is 1. The third kappa shape index (κ3) is 4.30. The van der Waals surface area contributed by atoms with Gasteiger partial charge in [-0.3, -0.25) is 9.78 Å². The lowest BCUT2D eigenvalue weighted by atomic mass is 9.98. The van der Waals surface area contributed by atoms with Crippen LogP contribution in [0.1, 0.15) is 28.9 Å². The molecule has 1 aliphatic heterocycles. The number of thiocarbonyl (C=S) groups is 1. The van der Waals surface area contributed by atoms with Gasteiger partial charge in [0.1, 0.15) is 6.61 Å². The standard InChI is InChI=1S/C23H25N5O2S/c1-15-12-17(7-8-18(15)25-20(29)14-30-3)28-22(16-9-11-27(2)13-16)21(26-23(28)31)19-6-4-5-10-24-19/h4-13,21-22H,14H2,1-3H3,(H,25,29)(H,26,31)/t21-,22-/m1/s1. The van der Waals surface area contributed by atoms with Crippen molar-refractivity contribution in [3.05, 3.63) is 77.9 Å². The van der Waals surface area contributed by atoms with Crippen molar-refractivity contribution in [1.82, 2.24) is 14.9 Å². The number of aryl methyl sites for hydroxylation is 2. The van der Waals surface area contributed by atoms with Gasteiger partial charge in [0.2, 0.25) is 5.91 Å². The molecule has 8 heteroatoms. The third-order valence-corrected chi connectivity index (χ3v) is 5.65. The molecule has 0 spiro atoms. The van der Waals surface area contributed by atoms with Gasteiger partial charge in [0, 0.05) is 44.1 Å². The quantitative estimate of drug-likeness (QED) is 0.578.